The van der Waals surface area contributed by atoms with E-state index in [9.17, 15) is 19.8 Å². The lowest BCUT2D eigenvalue weighted by atomic mass is 9.42. The minimum absolute atomic E-state index is 0.00818. The highest BCUT2D eigenvalue weighted by atomic mass is 16.4. The Labute approximate surface area is 226 Å². The number of rotatable bonds is 9. The molecule has 4 rings (SSSR count). The first-order chi connectivity index (χ1) is 17.2. The number of allylic oxidation sites excluding steroid dienone is 2. The highest BCUT2D eigenvalue weighted by Gasteiger charge is 2.65. The molecule has 1 unspecified atom stereocenters. The van der Waals surface area contributed by atoms with E-state index in [2.05, 4.69) is 48.5 Å². The zero-order valence-electron chi connectivity index (χ0n) is 24.8. The van der Waals surface area contributed by atoms with E-state index < -0.39 is 17.5 Å². The number of fused-ring (bicyclic) bond motifs is 4. The second-order valence-corrected chi connectivity index (χ2v) is 15.0. The van der Waals surface area contributed by atoms with Gasteiger partial charge in [0.2, 0.25) is 0 Å². The molecule has 0 saturated heterocycles. The lowest BCUT2D eigenvalue weighted by Gasteiger charge is -2.62. The molecule has 4 nitrogen and oxygen atoms in total. The van der Waals surface area contributed by atoms with E-state index in [-0.39, 0.29) is 28.4 Å². The van der Waals surface area contributed by atoms with Crippen molar-refractivity contribution in [3.05, 3.63) is 11.1 Å². The van der Waals surface area contributed by atoms with Gasteiger partial charge in [-0.3, -0.25) is 9.59 Å². The van der Waals surface area contributed by atoms with Crippen LogP contribution in [0.2, 0.25) is 0 Å². The van der Waals surface area contributed by atoms with Crippen molar-refractivity contribution < 1.29 is 19.8 Å². The molecule has 0 aromatic heterocycles. The Morgan fingerprint density at radius 3 is 2.32 bits per heavy atom. The Bertz CT molecular complexity index is 931. The lowest BCUT2D eigenvalue weighted by Crippen LogP contribution is -2.58. The summed E-state index contributed by atoms with van der Waals surface area (Å²) < 4.78 is 0. The van der Waals surface area contributed by atoms with Crippen molar-refractivity contribution in [2.45, 2.75) is 138 Å². The van der Waals surface area contributed by atoms with Crippen LogP contribution in [0.15, 0.2) is 11.1 Å². The Hall–Kier alpha value is -1.16. The van der Waals surface area contributed by atoms with Gasteiger partial charge in [-0.15, -0.1) is 0 Å². The van der Waals surface area contributed by atoms with E-state index in [1.165, 1.54) is 37.7 Å². The molecule has 210 valence electrons. The van der Waals surface area contributed by atoms with Crippen molar-refractivity contribution in [2.24, 2.45) is 45.3 Å². The molecule has 0 aliphatic heterocycles. The predicted octanol–water partition coefficient (Wildman–Crippen LogP) is 7.97. The molecule has 2 saturated carbocycles. The first-order valence-electron chi connectivity index (χ1n) is 15.4. The number of aliphatic hydroxyl groups excluding tert-OH is 1. The van der Waals surface area contributed by atoms with Gasteiger partial charge in [-0.1, -0.05) is 78.9 Å². The maximum Gasteiger partial charge on any atom is 0.303 e. The molecular formula is C33H54O4. The van der Waals surface area contributed by atoms with Crippen molar-refractivity contribution in [1.82, 2.24) is 0 Å². The summed E-state index contributed by atoms with van der Waals surface area (Å²) in [5.41, 5.74) is 2.79. The molecule has 0 aromatic carbocycles. The van der Waals surface area contributed by atoms with E-state index >= 15 is 0 Å². The maximum atomic E-state index is 13.1. The fraction of sp³-hybridized carbons (Fsp3) is 0.879. The van der Waals surface area contributed by atoms with Crippen molar-refractivity contribution in [3.8, 4) is 0 Å². The van der Waals surface area contributed by atoms with Crippen LogP contribution in [0.4, 0.5) is 0 Å². The summed E-state index contributed by atoms with van der Waals surface area (Å²) >= 11 is 0. The smallest absolute Gasteiger partial charge is 0.303 e. The van der Waals surface area contributed by atoms with Crippen LogP contribution in [0.25, 0.3) is 0 Å². The molecule has 2 fully saturated rings. The van der Waals surface area contributed by atoms with Gasteiger partial charge in [-0.25, -0.2) is 0 Å². The van der Waals surface area contributed by atoms with Gasteiger partial charge in [0.1, 0.15) is 6.10 Å². The summed E-state index contributed by atoms with van der Waals surface area (Å²) in [5, 5.41) is 20.3. The second kappa shape index (κ2) is 10.1. The van der Waals surface area contributed by atoms with E-state index in [0.717, 1.165) is 44.4 Å². The zero-order valence-corrected chi connectivity index (χ0v) is 24.8. The van der Waals surface area contributed by atoms with Crippen LogP contribution >= 0.6 is 0 Å². The normalized spacial score (nSPS) is 39.8. The Morgan fingerprint density at radius 1 is 0.973 bits per heavy atom. The van der Waals surface area contributed by atoms with Crippen molar-refractivity contribution in [3.63, 3.8) is 0 Å². The number of aliphatic carboxylic acids is 1. The fourth-order valence-electron chi connectivity index (χ4n) is 10.5. The molecule has 0 heterocycles. The molecule has 0 aromatic rings. The first-order valence-corrected chi connectivity index (χ1v) is 15.4. The highest BCUT2D eigenvalue weighted by Crippen LogP contribution is 2.73. The van der Waals surface area contributed by atoms with Gasteiger partial charge in [-0.2, -0.15) is 0 Å². The van der Waals surface area contributed by atoms with Crippen LogP contribution in [-0.4, -0.2) is 28.1 Å². The standard InChI is InChI=1S/C33H54O4/c1-21(2)10-8-11-22(3)23-16-19-33(17-9-12-28(35)36)25-13-14-27-30(4,5)29(37)26(34)20-31(27,6)24(25)15-18-32(23,33)7/h21-23,27,29,37H,8-20H2,1-7H3,(H,35,36)/t22-,23-,27?,29+,31-,32-,33+/m1/s1. The molecule has 4 heteroatoms. The van der Waals surface area contributed by atoms with Crippen LogP contribution in [0.3, 0.4) is 0 Å². The molecule has 4 aliphatic rings. The third kappa shape index (κ3) is 4.55. The van der Waals surface area contributed by atoms with Gasteiger partial charge in [-0.05, 0) is 91.3 Å². The van der Waals surface area contributed by atoms with Gasteiger partial charge >= 0.3 is 5.97 Å². The predicted molar refractivity (Wildman–Crippen MR) is 149 cm³/mol. The number of aliphatic hydroxyl groups is 1. The van der Waals surface area contributed by atoms with Crippen LogP contribution in [0.1, 0.15) is 132 Å². The van der Waals surface area contributed by atoms with Gasteiger partial charge in [0.25, 0.3) is 0 Å². The summed E-state index contributed by atoms with van der Waals surface area (Å²) in [5.74, 6) is 1.73. The summed E-state index contributed by atoms with van der Waals surface area (Å²) in [6.07, 6.45) is 12.1. The van der Waals surface area contributed by atoms with Crippen LogP contribution in [-0.2, 0) is 9.59 Å². The molecule has 2 N–H and O–H groups in total. The molecule has 0 bridgehead atoms. The topological polar surface area (TPSA) is 74.6 Å². The van der Waals surface area contributed by atoms with Crippen LogP contribution in [0, 0.1) is 45.3 Å². The Balaban J connectivity index is 1.74. The Kier molecular flexibility index (Phi) is 7.87. The fourth-order valence-corrected chi connectivity index (χ4v) is 10.5. The number of hydrogen-bond donors (Lipinski definition) is 2. The number of hydrogen-bond acceptors (Lipinski definition) is 3. The number of carboxylic acids is 1. The van der Waals surface area contributed by atoms with E-state index in [1.54, 1.807) is 5.57 Å². The maximum absolute atomic E-state index is 13.1. The summed E-state index contributed by atoms with van der Waals surface area (Å²) in [6, 6.07) is 0. The molecule has 37 heavy (non-hydrogen) atoms. The van der Waals surface area contributed by atoms with Crippen molar-refractivity contribution in [1.29, 1.82) is 0 Å². The van der Waals surface area contributed by atoms with Gasteiger partial charge in [0, 0.05) is 18.3 Å². The van der Waals surface area contributed by atoms with Crippen molar-refractivity contribution in [2.75, 3.05) is 0 Å². The molecular weight excluding hydrogens is 460 g/mol. The highest BCUT2D eigenvalue weighted by molar-refractivity contribution is 5.86. The average molecular weight is 515 g/mol. The number of carboxylic acid groups (broad SMARTS) is 1. The monoisotopic (exact) mass is 514 g/mol. The summed E-state index contributed by atoms with van der Waals surface area (Å²) in [4.78, 5) is 24.7. The zero-order chi connectivity index (χ0) is 27.4. The van der Waals surface area contributed by atoms with Gasteiger partial charge in [0.15, 0.2) is 5.78 Å². The Morgan fingerprint density at radius 2 is 1.68 bits per heavy atom. The van der Waals surface area contributed by atoms with E-state index in [4.69, 9.17) is 0 Å². The second-order valence-electron chi connectivity index (χ2n) is 15.0. The average Bonchev–Trinajstić information content (AvgIpc) is 3.10. The van der Waals surface area contributed by atoms with Crippen molar-refractivity contribution >= 4 is 11.8 Å². The van der Waals surface area contributed by atoms with E-state index in [0.29, 0.717) is 24.2 Å². The summed E-state index contributed by atoms with van der Waals surface area (Å²) in [7, 11) is 0. The molecule has 0 spiro atoms. The van der Waals surface area contributed by atoms with E-state index in [1.807, 2.05) is 0 Å². The first kappa shape index (κ1) is 28.8. The number of carbonyl (C=O) groups excluding carboxylic acids is 1. The lowest BCUT2D eigenvalue weighted by molar-refractivity contribution is -0.154. The van der Waals surface area contributed by atoms with Gasteiger partial charge < -0.3 is 10.2 Å². The molecule has 7 atom stereocenters. The molecule has 4 aliphatic carbocycles. The van der Waals surface area contributed by atoms with Crippen LogP contribution < -0.4 is 0 Å². The van der Waals surface area contributed by atoms with Gasteiger partial charge in [0.05, 0.1) is 0 Å². The minimum Gasteiger partial charge on any atom is -0.481 e. The number of carbonyl (C=O) groups is 2. The minimum atomic E-state index is -0.867. The number of ketones is 1. The summed E-state index contributed by atoms with van der Waals surface area (Å²) in [6.45, 7) is 16.2. The van der Waals surface area contributed by atoms with Crippen LogP contribution in [0.5, 0.6) is 0 Å². The quantitative estimate of drug-likeness (QED) is 0.306. The SMILES string of the molecule is CC(C)CCC[C@@H](C)[C@H]1CC[C@@]2(CCCC(=O)O)C3=C(CC[C@]12C)[C@@]1(C)CC(=O)[C@H](O)C(C)(C)C1CC3. The molecule has 0 amide bonds. The molecule has 0 radical (unpaired) electrons. The number of Topliss-reactive ketones (excluding diaryl/α,β-unsaturated/α-hetero) is 1. The third-order valence-electron chi connectivity index (χ3n) is 12.3. The largest absolute Gasteiger partial charge is 0.481 e. The third-order valence-corrected chi connectivity index (χ3v) is 12.3.